The Morgan fingerprint density at radius 1 is 1.24 bits per heavy atom. The average molecular weight is 472 g/mol. The number of phenolic OH excluding ortho intramolecular Hbond substituents is 1. The number of benzene rings is 2. The van der Waals surface area contributed by atoms with E-state index in [1.807, 2.05) is 0 Å². The highest BCUT2D eigenvalue weighted by Crippen LogP contribution is 2.40. The van der Waals surface area contributed by atoms with Gasteiger partial charge in [-0.05, 0) is 36.4 Å². The van der Waals surface area contributed by atoms with E-state index in [0.717, 1.165) is 12.1 Å². The van der Waals surface area contributed by atoms with Gasteiger partial charge in [-0.25, -0.2) is 4.85 Å². The maximum atomic E-state index is 13.3. The summed E-state index contributed by atoms with van der Waals surface area (Å²) in [4.78, 5) is 17.4. The lowest BCUT2D eigenvalue weighted by Crippen LogP contribution is -2.36. The number of carbonyl (C=O) groups excluding carboxylic acids is 1. The van der Waals surface area contributed by atoms with Gasteiger partial charge in [0.2, 0.25) is 11.8 Å². The molecule has 1 unspecified atom stereocenters. The summed E-state index contributed by atoms with van der Waals surface area (Å²) in [6, 6.07) is 9.17. The van der Waals surface area contributed by atoms with Crippen LogP contribution in [0, 0.1) is 12.0 Å². The van der Waals surface area contributed by atoms with E-state index in [2.05, 4.69) is 15.0 Å². The van der Waals surface area contributed by atoms with Gasteiger partial charge in [0.05, 0.1) is 18.7 Å². The van der Waals surface area contributed by atoms with Crippen LogP contribution in [0.25, 0.3) is 16.3 Å². The molecule has 0 radical (unpaired) electrons. The van der Waals surface area contributed by atoms with Crippen LogP contribution in [0.15, 0.2) is 46.9 Å². The molecule has 11 heteroatoms. The molecule has 4 rings (SSSR count). The van der Waals surface area contributed by atoms with E-state index in [0.29, 0.717) is 5.56 Å². The molecule has 1 fully saturated rings. The van der Waals surface area contributed by atoms with Crippen molar-refractivity contribution >= 4 is 11.6 Å². The van der Waals surface area contributed by atoms with Gasteiger partial charge in [-0.2, -0.15) is 13.2 Å². The Hall–Kier alpha value is -4.07. The number of aromatic hydroxyl groups is 1. The monoisotopic (exact) mass is 472 g/mol. The number of ether oxygens (including phenoxy) is 1. The molecule has 1 aromatic heterocycles. The van der Waals surface area contributed by atoms with E-state index >= 15 is 0 Å². The van der Waals surface area contributed by atoms with E-state index < -0.39 is 34.9 Å². The minimum atomic E-state index is -4.73. The maximum Gasteiger partial charge on any atom is 0.407 e. The number of halogens is 3. The van der Waals surface area contributed by atoms with Crippen LogP contribution in [-0.4, -0.2) is 38.8 Å². The van der Waals surface area contributed by atoms with Gasteiger partial charge in [0, 0.05) is 17.5 Å². The summed E-state index contributed by atoms with van der Waals surface area (Å²) in [6.45, 7) is 10.7. The summed E-state index contributed by atoms with van der Waals surface area (Å²) in [6.07, 6.45) is -5.78. The highest BCUT2D eigenvalue weighted by molar-refractivity contribution is 5.84. The second-order valence-corrected chi connectivity index (χ2v) is 8.52. The SMILES string of the molecule is [C-]#[N+]c1ccc(OC2C(=O)N(Cc3nnc(-c4ccc(O)cc4)o3)CC2(C)C)cc1C(F)(F)F. The lowest BCUT2D eigenvalue weighted by Gasteiger charge is -2.24. The molecule has 176 valence electrons. The van der Waals surface area contributed by atoms with Crippen LogP contribution in [0.4, 0.5) is 18.9 Å². The van der Waals surface area contributed by atoms with Crippen molar-refractivity contribution in [1.82, 2.24) is 15.1 Å². The topological polar surface area (TPSA) is 93.0 Å². The Kier molecular flexibility index (Phi) is 5.69. The molecule has 1 atom stereocenters. The number of hydrogen-bond donors (Lipinski definition) is 1. The Morgan fingerprint density at radius 3 is 2.59 bits per heavy atom. The molecular formula is C23H19F3N4O4. The minimum Gasteiger partial charge on any atom is -0.508 e. The van der Waals surface area contributed by atoms with Crippen molar-refractivity contribution in [2.45, 2.75) is 32.7 Å². The zero-order valence-electron chi connectivity index (χ0n) is 18.1. The Morgan fingerprint density at radius 2 is 1.94 bits per heavy atom. The second-order valence-electron chi connectivity index (χ2n) is 8.52. The Balaban J connectivity index is 1.51. The number of phenols is 1. The highest BCUT2D eigenvalue weighted by Gasteiger charge is 2.48. The lowest BCUT2D eigenvalue weighted by atomic mass is 9.89. The van der Waals surface area contributed by atoms with Crippen LogP contribution >= 0.6 is 0 Å². The summed E-state index contributed by atoms with van der Waals surface area (Å²) in [5.74, 6) is -0.106. The summed E-state index contributed by atoms with van der Waals surface area (Å²) < 4.78 is 51.2. The molecule has 1 amide bonds. The molecule has 1 saturated heterocycles. The smallest absolute Gasteiger partial charge is 0.407 e. The predicted octanol–water partition coefficient (Wildman–Crippen LogP) is 4.83. The van der Waals surface area contributed by atoms with Gasteiger partial charge in [-0.15, -0.1) is 10.2 Å². The molecule has 34 heavy (non-hydrogen) atoms. The fourth-order valence-corrected chi connectivity index (χ4v) is 3.75. The number of rotatable bonds is 5. The summed E-state index contributed by atoms with van der Waals surface area (Å²) in [5, 5.41) is 17.3. The van der Waals surface area contributed by atoms with Crippen LogP contribution < -0.4 is 4.74 Å². The predicted molar refractivity (Wildman–Crippen MR) is 113 cm³/mol. The highest BCUT2D eigenvalue weighted by atomic mass is 19.4. The molecule has 0 aliphatic carbocycles. The summed E-state index contributed by atoms with van der Waals surface area (Å²) >= 11 is 0. The van der Waals surface area contributed by atoms with Crippen molar-refractivity contribution in [2.24, 2.45) is 5.41 Å². The first-order valence-electron chi connectivity index (χ1n) is 10.1. The van der Waals surface area contributed by atoms with Crippen molar-refractivity contribution in [2.75, 3.05) is 6.54 Å². The number of amides is 1. The van der Waals surface area contributed by atoms with E-state index in [1.165, 1.54) is 23.1 Å². The third kappa shape index (κ3) is 4.52. The Bertz CT molecular complexity index is 1260. The van der Waals surface area contributed by atoms with Gasteiger partial charge < -0.3 is 19.2 Å². The van der Waals surface area contributed by atoms with Crippen molar-refractivity contribution in [3.63, 3.8) is 0 Å². The molecule has 2 aromatic carbocycles. The van der Waals surface area contributed by atoms with Crippen molar-refractivity contribution in [3.8, 4) is 23.0 Å². The number of alkyl halides is 3. The van der Waals surface area contributed by atoms with Crippen molar-refractivity contribution in [3.05, 3.63) is 65.3 Å². The van der Waals surface area contributed by atoms with Crippen LogP contribution in [0.2, 0.25) is 0 Å². The second kappa shape index (κ2) is 8.37. The zero-order chi connectivity index (χ0) is 24.7. The van der Waals surface area contributed by atoms with Crippen LogP contribution in [0.5, 0.6) is 11.5 Å². The lowest BCUT2D eigenvalue weighted by molar-refractivity contribution is -0.137. The normalized spacial score (nSPS) is 17.6. The molecule has 0 bridgehead atoms. The number of nitrogens with zero attached hydrogens (tertiary/aromatic N) is 4. The van der Waals surface area contributed by atoms with Gasteiger partial charge in [0.1, 0.15) is 11.5 Å². The van der Waals surface area contributed by atoms with Crippen LogP contribution in [0.3, 0.4) is 0 Å². The van der Waals surface area contributed by atoms with Gasteiger partial charge in [0.15, 0.2) is 11.8 Å². The maximum absolute atomic E-state index is 13.3. The van der Waals surface area contributed by atoms with E-state index in [1.54, 1.807) is 26.0 Å². The third-order valence-corrected chi connectivity index (χ3v) is 5.40. The average Bonchev–Trinajstić information content (AvgIpc) is 3.32. The molecule has 8 nitrogen and oxygen atoms in total. The third-order valence-electron chi connectivity index (χ3n) is 5.40. The largest absolute Gasteiger partial charge is 0.508 e. The molecule has 0 saturated carbocycles. The molecule has 2 heterocycles. The molecule has 3 aromatic rings. The molecule has 1 N–H and O–H groups in total. The minimum absolute atomic E-state index is 0.00231. The van der Waals surface area contributed by atoms with Crippen LogP contribution in [0.1, 0.15) is 25.3 Å². The molecule has 1 aliphatic rings. The number of carbonyl (C=O) groups is 1. The quantitative estimate of drug-likeness (QED) is 0.535. The van der Waals surface area contributed by atoms with E-state index in [4.69, 9.17) is 15.7 Å². The number of aromatic nitrogens is 2. The summed E-state index contributed by atoms with van der Waals surface area (Å²) in [5.41, 5.74) is -1.80. The molecule has 0 spiro atoms. The van der Waals surface area contributed by atoms with Gasteiger partial charge in [-0.3, -0.25) is 4.79 Å². The van der Waals surface area contributed by atoms with Crippen molar-refractivity contribution < 1.29 is 32.2 Å². The first-order chi connectivity index (χ1) is 16.0. The van der Waals surface area contributed by atoms with E-state index in [9.17, 15) is 23.1 Å². The van der Waals surface area contributed by atoms with Gasteiger partial charge in [0.25, 0.3) is 5.91 Å². The Labute approximate surface area is 192 Å². The van der Waals surface area contributed by atoms with E-state index in [-0.39, 0.29) is 36.4 Å². The first kappa shape index (κ1) is 23.1. The van der Waals surface area contributed by atoms with Crippen LogP contribution in [-0.2, 0) is 17.5 Å². The fourth-order valence-electron chi connectivity index (χ4n) is 3.75. The molecule has 1 aliphatic heterocycles. The van der Waals surface area contributed by atoms with Gasteiger partial charge in [-0.1, -0.05) is 19.9 Å². The zero-order valence-corrected chi connectivity index (χ0v) is 18.1. The van der Waals surface area contributed by atoms with Gasteiger partial charge >= 0.3 is 6.18 Å². The standard InChI is InChI=1S/C23H19F3N4O4/c1-22(2)12-30(11-18-28-29-20(34-18)13-4-6-14(31)7-5-13)21(32)19(22)33-15-8-9-17(27-3)16(10-15)23(24,25)26/h4-10,19,31H,11-12H2,1-2H3. The number of hydrogen-bond acceptors (Lipinski definition) is 6. The summed E-state index contributed by atoms with van der Waals surface area (Å²) in [7, 11) is 0. The molecular weight excluding hydrogens is 453 g/mol. The fraction of sp³-hybridized carbons (Fsp3) is 0.304. The number of likely N-dealkylation sites (tertiary alicyclic amines) is 1. The first-order valence-corrected chi connectivity index (χ1v) is 10.1. The van der Waals surface area contributed by atoms with Crippen molar-refractivity contribution in [1.29, 1.82) is 0 Å².